The summed E-state index contributed by atoms with van der Waals surface area (Å²) in [7, 11) is 0. The van der Waals surface area contributed by atoms with Crippen molar-refractivity contribution in [2.75, 3.05) is 0 Å². The van der Waals surface area contributed by atoms with Crippen molar-refractivity contribution in [3.8, 4) is 0 Å². The van der Waals surface area contributed by atoms with Crippen molar-refractivity contribution >= 4 is 39.2 Å². The predicted octanol–water partition coefficient (Wildman–Crippen LogP) is 3.50. The third kappa shape index (κ3) is 2.62. The first kappa shape index (κ1) is 14.7. The summed E-state index contributed by atoms with van der Waals surface area (Å²) in [6.45, 7) is 0. The maximum Gasteiger partial charge on any atom is 0.235 e. The van der Waals surface area contributed by atoms with Crippen LogP contribution in [0.4, 0.5) is 0 Å². The minimum Gasteiger partial charge on any atom is -0.368 e. The summed E-state index contributed by atoms with van der Waals surface area (Å²) in [6.07, 6.45) is 4.97. The molecule has 1 unspecified atom stereocenters. The van der Waals surface area contributed by atoms with Gasteiger partial charge in [0.05, 0.1) is 0 Å². The Balaban J connectivity index is 1.78. The van der Waals surface area contributed by atoms with E-state index in [-0.39, 0.29) is 5.91 Å². The zero-order chi connectivity index (χ0) is 15.8. The lowest BCUT2D eigenvalue weighted by Crippen LogP contribution is -2.19. The minimum absolute atomic E-state index is 0.347. The third-order valence-corrected chi connectivity index (χ3v) is 6.53. The molecule has 2 aromatic heterocycles. The molecule has 2 N–H and O–H groups in total. The lowest BCUT2D eigenvalue weighted by atomic mass is 10.1. The molecule has 3 aromatic rings. The average molecular weight is 341 g/mol. The van der Waals surface area contributed by atoms with E-state index in [1.807, 2.05) is 30.3 Å². The minimum atomic E-state index is -0.439. The number of thiophene rings is 1. The highest BCUT2D eigenvalue weighted by Gasteiger charge is 2.25. The number of benzene rings is 1. The summed E-state index contributed by atoms with van der Waals surface area (Å²) in [5, 5.41) is 1.55. The summed E-state index contributed by atoms with van der Waals surface area (Å²) < 4.78 is 0. The molecule has 0 spiro atoms. The molecule has 0 radical (unpaired) electrons. The summed E-state index contributed by atoms with van der Waals surface area (Å²) in [6, 6.07) is 9.63. The van der Waals surface area contributed by atoms with Crippen LogP contribution in [0.1, 0.15) is 27.7 Å². The number of thioether (sulfide) groups is 1. The fraction of sp³-hybridized carbons (Fsp3) is 0.235. The van der Waals surface area contributed by atoms with E-state index in [1.165, 1.54) is 28.6 Å². The van der Waals surface area contributed by atoms with Crippen molar-refractivity contribution < 1.29 is 4.79 Å². The van der Waals surface area contributed by atoms with Gasteiger partial charge in [0.15, 0.2) is 0 Å². The van der Waals surface area contributed by atoms with Crippen molar-refractivity contribution in [1.29, 1.82) is 0 Å². The first-order valence-electron chi connectivity index (χ1n) is 7.50. The first-order valence-corrected chi connectivity index (χ1v) is 9.20. The predicted molar refractivity (Wildman–Crippen MR) is 93.7 cm³/mol. The summed E-state index contributed by atoms with van der Waals surface area (Å²) in [4.78, 5) is 23.3. The van der Waals surface area contributed by atoms with Gasteiger partial charge in [0, 0.05) is 10.3 Å². The Hall–Kier alpha value is -1.92. The molecule has 4 rings (SSSR count). The van der Waals surface area contributed by atoms with E-state index in [4.69, 9.17) is 5.73 Å². The van der Waals surface area contributed by atoms with Crippen LogP contribution in [0, 0.1) is 0 Å². The molecule has 1 amide bonds. The zero-order valence-electron chi connectivity index (χ0n) is 12.4. The zero-order valence-corrected chi connectivity index (χ0v) is 14.0. The topological polar surface area (TPSA) is 68.9 Å². The molecule has 1 atom stereocenters. The lowest BCUT2D eigenvalue weighted by molar-refractivity contribution is -0.117. The van der Waals surface area contributed by atoms with E-state index in [0.717, 1.165) is 33.6 Å². The molecule has 0 bridgehead atoms. The molecular formula is C17H15N3OS2. The SMILES string of the molecule is NC(=O)C(Sc1ncnc2sc3c(c12)CCC3)c1ccccc1. The quantitative estimate of drug-likeness (QED) is 0.582. The van der Waals surface area contributed by atoms with Crippen LogP contribution in [0.5, 0.6) is 0 Å². The van der Waals surface area contributed by atoms with Crippen molar-refractivity contribution in [2.24, 2.45) is 5.73 Å². The number of primary amides is 1. The molecule has 0 fully saturated rings. The van der Waals surface area contributed by atoms with Gasteiger partial charge in [0.25, 0.3) is 0 Å². The second-order valence-electron chi connectivity index (χ2n) is 5.53. The van der Waals surface area contributed by atoms with Crippen molar-refractivity contribution in [2.45, 2.75) is 29.5 Å². The summed E-state index contributed by atoms with van der Waals surface area (Å²) in [5.74, 6) is -0.347. The number of rotatable bonds is 4. The van der Waals surface area contributed by atoms with Crippen molar-refractivity contribution in [3.05, 3.63) is 52.7 Å². The van der Waals surface area contributed by atoms with Gasteiger partial charge in [-0.3, -0.25) is 4.79 Å². The Morgan fingerprint density at radius 1 is 1.22 bits per heavy atom. The van der Waals surface area contributed by atoms with Crippen LogP contribution in [0.3, 0.4) is 0 Å². The van der Waals surface area contributed by atoms with Gasteiger partial charge in [-0.2, -0.15) is 0 Å². The number of carbonyl (C=O) groups is 1. The number of hydrogen-bond acceptors (Lipinski definition) is 5. The second-order valence-corrected chi connectivity index (χ2v) is 7.70. The van der Waals surface area contributed by atoms with Crippen LogP contribution in [0.2, 0.25) is 0 Å². The first-order chi connectivity index (χ1) is 11.2. The molecule has 6 heteroatoms. The van der Waals surface area contributed by atoms with Gasteiger partial charge < -0.3 is 5.73 Å². The number of amides is 1. The van der Waals surface area contributed by atoms with Gasteiger partial charge in [-0.25, -0.2) is 9.97 Å². The van der Waals surface area contributed by atoms with Crippen molar-refractivity contribution in [3.63, 3.8) is 0 Å². The van der Waals surface area contributed by atoms with Gasteiger partial charge >= 0.3 is 0 Å². The molecular weight excluding hydrogens is 326 g/mol. The largest absolute Gasteiger partial charge is 0.368 e. The van der Waals surface area contributed by atoms with E-state index in [2.05, 4.69) is 9.97 Å². The van der Waals surface area contributed by atoms with Crippen LogP contribution in [-0.2, 0) is 17.6 Å². The molecule has 23 heavy (non-hydrogen) atoms. The molecule has 0 aliphatic heterocycles. The molecule has 0 saturated heterocycles. The Kier molecular flexibility index (Phi) is 3.79. The summed E-state index contributed by atoms with van der Waals surface area (Å²) in [5.41, 5.74) is 7.92. The van der Waals surface area contributed by atoms with E-state index in [9.17, 15) is 4.79 Å². The molecule has 4 nitrogen and oxygen atoms in total. The standard InChI is InChI=1S/C17H15N3OS2/c18-15(21)14(10-5-2-1-3-6-10)23-17-13-11-7-4-8-12(11)22-16(13)19-9-20-17/h1-3,5-6,9,14H,4,7-8H2,(H2,18,21). The molecule has 1 aromatic carbocycles. The number of carbonyl (C=O) groups excluding carboxylic acids is 1. The fourth-order valence-corrected chi connectivity index (χ4v) is 5.39. The van der Waals surface area contributed by atoms with Gasteiger partial charge in [0.1, 0.15) is 21.4 Å². The smallest absolute Gasteiger partial charge is 0.235 e. The molecule has 2 heterocycles. The Morgan fingerprint density at radius 2 is 2.04 bits per heavy atom. The highest BCUT2D eigenvalue weighted by Crippen LogP contribution is 2.43. The van der Waals surface area contributed by atoms with Crippen LogP contribution in [-0.4, -0.2) is 15.9 Å². The van der Waals surface area contributed by atoms with E-state index in [1.54, 1.807) is 17.7 Å². The number of hydrogen-bond donors (Lipinski definition) is 1. The van der Waals surface area contributed by atoms with Crippen LogP contribution in [0.25, 0.3) is 10.2 Å². The highest BCUT2D eigenvalue weighted by atomic mass is 32.2. The van der Waals surface area contributed by atoms with Crippen LogP contribution >= 0.6 is 23.1 Å². The van der Waals surface area contributed by atoms with Crippen LogP contribution in [0.15, 0.2) is 41.7 Å². The monoisotopic (exact) mass is 341 g/mol. The van der Waals surface area contributed by atoms with Crippen molar-refractivity contribution in [1.82, 2.24) is 9.97 Å². The number of aromatic nitrogens is 2. The Morgan fingerprint density at radius 3 is 2.83 bits per heavy atom. The summed E-state index contributed by atoms with van der Waals surface area (Å²) >= 11 is 3.18. The number of fused-ring (bicyclic) bond motifs is 3. The number of nitrogens with zero attached hydrogens (tertiary/aromatic N) is 2. The average Bonchev–Trinajstić information content (AvgIpc) is 3.14. The molecule has 0 saturated carbocycles. The normalized spacial score (nSPS) is 14.8. The number of nitrogens with two attached hydrogens (primary N) is 1. The van der Waals surface area contributed by atoms with Gasteiger partial charge in [-0.1, -0.05) is 42.1 Å². The van der Waals surface area contributed by atoms with Gasteiger partial charge in [0.2, 0.25) is 5.91 Å². The Labute approximate surface area is 142 Å². The maximum atomic E-state index is 12.0. The highest BCUT2D eigenvalue weighted by molar-refractivity contribution is 8.00. The second kappa shape index (κ2) is 5.94. The van der Waals surface area contributed by atoms with Gasteiger partial charge in [-0.15, -0.1) is 11.3 Å². The van der Waals surface area contributed by atoms with E-state index < -0.39 is 5.25 Å². The lowest BCUT2D eigenvalue weighted by Gasteiger charge is -2.13. The number of aryl methyl sites for hydroxylation is 2. The Bertz CT molecular complexity index is 876. The third-order valence-electron chi connectivity index (χ3n) is 4.06. The molecule has 1 aliphatic carbocycles. The maximum absolute atomic E-state index is 12.0. The molecule has 1 aliphatic rings. The molecule has 116 valence electrons. The fourth-order valence-electron chi connectivity index (χ4n) is 3.02. The van der Waals surface area contributed by atoms with E-state index in [0.29, 0.717) is 0 Å². The van der Waals surface area contributed by atoms with Gasteiger partial charge in [-0.05, 0) is 30.4 Å². The van der Waals surface area contributed by atoms with Crippen LogP contribution < -0.4 is 5.73 Å². The van der Waals surface area contributed by atoms with E-state index >= 15 is 0 Å².